The largest absolute Gasteiger partial charge is 0.288 e. The summed E-state index contributed by atoms with van der Waals surface area (Å²) in [6, 6.07) is 6.35. The Morgan fingerprint density at radius 3 is 2.75 bits per heavy atom. The van der Waals surface area contributed by atoms with Gasteiger partial charge in [0.05, 0.1) is 8.45 Å². The molecule has 0 aliphatic heterocycles. The smallest absolute Gasteiger partial charge is 0.196 e. The quantitative estimate of drug-likeness (QED) is 0.593. The maximum atomic E-state index is 13.5. The van der Waals surface area contributed by atoms with Crippen molar-refractivity contribution in [3.63, 3.8) is 0 Å². The van der Waals surface area contributed by atoms with Gasteiger partial charge in [-0.2, -0.15) is 0 Å². The molecule has 0 saturated carbocycles. The topological polar surface area (TPSA) is 17.1 Å². The summed E-state index contributed by atoms with van der Waals surface area (Å²) in [5.74, 6) is -0.711. The number of carbonyl (C=O) groups excluding carboxylic acids is 1. The van der Waals surface area contributed by atoms with Gasteiger partial charge < -0.3 is 0 Å². The lowest BCUT2D eigenvalue weighted by atomic mass is 10.0. The summed E-state index contributed by atoms with van der Waals surface area (Å²) in [5, 5.41) is 1.76. The Bertz CT molecular complexity index is 548. The molecule has 1 heterocycles. The molecular weight excluding hydrogens is 338 g/mol. The van der Waals surface area contributed by atoms with Gasteiger partial charge in [-0.3, -0.25) is 4.79 Å². The number of rotatable bonds is 2. The van der Waals surface area contributed by atoms with E-state index < -0.39 is 5.82 Å². The van der Waals surface area contributed by atoms with Crippen molar-refractivity contribution in [3.8, 4) is 0 Å². The molecule has 1 aromatic heterocycles. The van der Waals surface area contributed by atoms with Crippen molar-refractivity contribution in [2.24, 2.45) is 0 Å². The zero-order valence-corrected chi connectivity index (χ0v) is 11.4. The summed E-state index contributed by atoms with van der Waals surface area (Å²) in [7, 11) is 0. The first-order valence-electron chi connectivity index (χ1n) is 4.63. The lowest BCUT2D eigenvalue weighted by molar-refractivity contribution is 0.103. The van der Waals surface area contributed by atoms with Crippen LogP contribution in [0.15, 0.2) is 29.6 Å². The molecule has 0 spiro atoms. The summed E-state index contributed by atoms with van der Waals surface area (Å²) in [4.78, 5) is 12.0. The average Bonchev–Trinajstić information content (AvgIpc) is 2.67. The normalized spacial score (nSPS) is 10.4. The Hall–Kier alpha value is -0.750. The Morgan fingerprint density at radius 1 is 1.38 bits per heavy atom. The number of hydrogen-bond acceptors (Lipinski definition) is 2. The van der Waals surface area contributed by atoms with Crippen molar-refractivity contribution >= 4 is 39.7 Å². The van der Waals surface area contributed by atoms with Gasteiger partial charge in [0.1, 0.15) is 5.82 Å². The minimum Gasteiger partial charge on any atom is -0.288 e. The van der Waals surface area contributed by atoms with Gasteiger partial charge in [-0.15, -0.1) is 11.3 Å². The fraction of sp³-hybridized carbons (Fsp3) is 0.0833. The van der Waals surface area contributed by atoms with Crippen molar-refractivity contribution in [1.29, 1.82) is 0 Å². The molecule has 16 heavy (non-hydrogen) atoms. The van der Waals surface area contributed by atoms with E-state index in [-0.39, 0.29) is 11.3 Å². The number of aryl methyl sites for hydroxylation is 1. The second-order valence-corrected chi connectivity index (χ2v) is 6.26. The van der Waals surface area contributed by atoms with Gasteiger partial charge in [-0.25, -0.2) is 4.39 Å². The summed E-state index contributed by atoms with van der Waals surface area (Å²) < 4.78 is 14.5. The maximum Gasteiger partial charge on any atom is 0.196 e. The maximum absolute atomic E-state index is 13.5. The van der Waals surface area contributed by atoms with Crippen LogP contribution >= 0.6 is 33.9 Å². The van der Waals surface area contributed by atoms with E-state index in [1.54, 1.807) is 23.6 Å². The highest BCUT2D eigenvalue weighted by molar-refractivity contribution is 14.1. The van der Waals surface area contributed by atoms with Crippen LogP contribution in [0.4, 0.5) is 4.39 Å². The van der Waals surface area contributed by atoms with Gasteiger partial charge in [0, 0.05) is 10.9 Å². The Balaban J connectivity index is 2.45. The van der Waals surface area contributed by atoms with Crippen LogP contribution in [-0.4, -0.2) is 5.78 Å². The first-order chi connectivity index (χ1) is 7.58. The molecule has 4 heteroatoms. The standard InChI is InChI=1S/C12H8FIOS/c1-7-2-3-10(13)9(4-7)12(15)8-5-11(14)16-6-8/h2-6H,1H3. The Kier molecular flexibility index (Phi) is 3.39. The number of ketones is 1. The van der Waals surface area contributed by atoms with Crippen molar-refractivity contribution in [3.05, 3.63) is 55.0 Å². The monoisotopic (exact) mass is 346 g/mol. The van der Waals surface area contributed by atoms with Crippen LogP contribution in [0.2, 0.25) is 0 Å². The van der Waals surface area contributed by atoms with Gasteiger partial charge in [-0.05, 0) is 47.7 Å². The van der Waals surface area contributed by atoms with Crippen LogP contribution < -0.4 is 0 Å². The van der Waals surface area contributed by atoms with E-state index in [4.69, 9.17) is 0 Å². The molecular formula is C12H8FIOS. The molecule has 0 bridgehead atoms. The van der Waals surface area contributed by atoms with E-state index in [0.29, 0.717) is 5.56 Å². The average molecular weight is 346 g/mol. The highest BCUT2D eigenvalue weighted by atomic mass is 127. The zero-order chi connectivity index (χ0) is 11.7. The molecule has 82 valence electrons. The van der Waals surface area contributed by atoms with Crippen LogP contribution in [0, 0.1) is 15.6 Å². The molecule has 0 radical (unpaired) electrons. The molecule has 0 N–H and O–H groups in total. The molecule has 0 fully saturated rings. The molecule has 0 atom stereocenters. The lowest BCUT2D eigenvalue weighted by Crippen LogP contribution is -2.03. The third-order valence-corrected chi connectivity index (χ3v) is 3.99. The van der Waals surface area contributed by atoms with E-state index in [0.717, 1.165) is 8.45 Å². The number of thiophene rings is 1. The van der Waals surface area contributed by atoms with Crippen LogP contribution in [0.25, 0.3) is 0 Å². The summed E-state index contributed by atoms with van der Waals surface area (Å²) in [6.45, 7) is 1.84. The van der Waals surface area contributed by atoms with Crippen LogP contribution in [0.3, 0.4) is 0 Å². The molecule has 0 amide bonds. The molecule has 0 aliphatic carbocycles. The molecule has 0 saturated heterocycles. The second kappa shape index (κ2) is 4.63. The van der Waals surface area contributed by atoms with Crippen LogP contribution in [0.5, 0.6) is 0 Å². The summed E-state index contributed by atoms with van der Waals surface area (Å²) >= 11 is 3.62. The predicted molar refractivity (Wildman–Crippen MR) is 71.6 cm³/mol. The highest BCUT2D eigenvalue weighted by Crippen LogP contribution is 2.21. The fourth-order valence-electron chi connectivity index (χ4n) is 1.40. The predicted octanol–water partition coefficient (Wildman–Crippen LogP) is 4.03. The first kappa shape index (κ1) is 11.7. The number of hydrogen-bond donors (Lipinski definition) is 0. The molecule has 2 aromatic rings. The third-order valence-electron chi connectivity index (χ3n) is 2.20. The van der Waals surface area contributed by atoms with Crippen molar-refractivity contribution in [2.45, 2.75) is 6.92 Å². The summed E-state index contributed by atoms with van der Waals surface area (Å²) in [5.41, 5.74) is 1.59. The molecule has 0 unspecified atom stereocenters. The highest BCUT2D eigenvalue weighted by Gasteiger charge is 2.15. The summed E-state index contributed by atoms with van der Waals surface area (Å²) in [6.07, 6.45) is 0. The van der Waals surface area contributed by atoms with E-state index >= 15 is 0 Å². The Morgan fingerprint density at radius 2 is 2.12 bits per heavy atom. The minimum atomic E-state index is -0.461. The zero-order valence-electron chi connectivity index (χ0n) is 8.46. The van der Waals surface area contributed by atoms with Gasteiger partial charge in [0.15, 0.2) is 5.78 Å². The Labute approximate surface area is 110 Å². The van der Waals surface area contributed by atoms with Crippen LogP contribution in [-0.2, 0) is 0 Å². The van der Waals surface area contributed by atoms with Gasteiger partial charge in [0.25, 0.3) is 0 Å². The van der Waals surface area contributed by atoms with E-state index in [9.17, 15) is 9.18 Å². The molecule has 0 aliphatic rings. The van der Waals surface area contributed by atoms with Crippen LogP contribution in [0.1, 0.15) is 21.5 Å². The van der Waals surface area contributed by atoms with E-state index in [2.05, 4.69) is 22.6 Å². The van der Waals surface area contributed by atoms with Crippen molar-refractivity contribution < 1.29 is 9.18 Å². The van der Waals surface area contributed by atoms with E-state index in [1.807, 2.05) is 6.92 Å². The van der Waals surface area contributed by atoms with Gasteiger partial charge in [-0.1, -0.05) is 11.6 Å². The number of carbonyl (C=O) groups is 1. The first-order valence-corrected chi connectivity index (χ1v) is 6.58. The van der Waals surface area contributed by atoms with E-state index in [1.165, 1.54) is 17.4 Å². The molecule has 1 aromatic carbocycles. The van der Waals surface area contributed by atoms with Gasteiger partial charge >= 0.3 is 0 Å². The molecule has 1 nitrogen and oxygen atoms in total. The SMILES string of the molecule is Cc1ccc(F)c(C(=O)c2csc(I)c2)c1. The van der Waals surface area contributed by atoms with Crippen molar-refractivity contribution in [1.82, 2.24) is 0 Å². The second-order valence-electron chi connectivity index (χ2n) is 3.45. The lowest BCUT2D eigenvalue weighted by Gasteiger charge is -2.01. The van der Waals surface area contributed by atoms with Gasteiger partial charge in [0.2, 0.25) is 0 Å². The fourth-order valence-corrected chi connectivity index (χ4v) is 2.72. The minimum absolute atomic E-state index is 0.147. The molecule has 2 rings (SSSR count). The van der Waals surface area contributed by atoms with Crippen molar-refractivity contribution in [2.75, 3.05) is 0 Å². The third kappa shape index (κ3) is 2.32. The number of benzene rings is 1. The number of halogens is 2.